The zero-order valence-electron chi connectivity index (χ0n) is 13.0. The second-order valence-corrected chi connectivity index (χ2v) is 4.94. The lowest BCUT2D eigenvalue weighted by Gasteiger charge is -2.26. The van der Waals surface area contributed by atoms with Gasteiger partial charge in [0.25, 0.3) is 0 Å². The van der Waals surface area contributed by atoms with Gasteiger partial charge < -0.3 is 9.47 Å². The number of esters is 1. The first-order valence-corrected chi connectivity index (χ1v) is 6.98. The number of hydrogen-bond donors (Lipinski definition) is 0. The van der Waals surface area contributed by atoms with Gasteiger partial charge in [0, 0.05) is 18.2 Å². The number of ether oxygens (including phenoxy) is 2. The normalized spacial score (nSPS) is 10.5. The number of benzene rings is 1. The number of nitriles is 1. The van der Waals surface area contributed by atoms with Gasteiger partial charge in [-0.1, -0.05) is 0 Å². The minimum absolute atomic E-state index is 0.171. The average Bonchev–Trinajstić information content (AvgIpc) is 2.46. The van der Waals surface area contributed by atoms with Crippen molar-refractivity contribution in [1.29, 1.82) is 5.26 Å². The highest BCUT2D eigenvalue weighted by atomic mass is 16.5. The molecular weight excluding hydrogens is 268 g/mol. The van der Waals surface area contributed by atoms with Gasteiger partial charge in [0.15, 0.2) is 0 Å². The molecule has 0 aliphatic rings. The maximum absolute atomic E-state index is 11.7. The summed E-state index contributed by atoms with van der Waals surface area (Å²) in [5.41, 5.74) is 1.46. The molecule has 0 unspecified atom stereocenters. The SMILES string of the molecule is CCOC(=O)CN(Cc1cc(C#N)ccc1OC)C(C)C. The number of carbonyl (C=O) groups is 1. The highest BCUT2D eigenvalue weighted by Crippen LogP contribution is 2.22. The van der Waals surface area contributed by atoms with E-state index in [2.05, 4.69) is 6.07 Å². The molecule has 0 saturated heterocycles. The molecule has 0 heterocycles. The van der Waals surface area contributed by atoms with Crippen molar-refractivity contribution in [2.24, 2.45) is 0 Å². The molecule has 21 heavy (non-hydrogen) atoms. The van der Waals surface area contributed by atoms with Crippen molar-refractivity contribution < 1.29 is 14.3 Å². The molecule has 0 aliphatic heterocycles. The minimum atomic E-state index is -0.249. The molecule has 0 aromatic heterocycles. The third-order valence-corrected chi connectivity index (χ3v) is 3.15. The monoisotopic (exact) mass is 290 g/mol. The van der Waals surface area contributed by atoms with Crippen LogP contribution in [-0.4, -0.2) is 37.2 Å². The van der Waals surface area contributed by atoms with E-state index in [0.717, 1.165) is 5.56 Å². The number of rotatable bonds is 7. The molecule has 0 saturated carbocycles. The first kappa shape index (κ1) is 17.0. The van der Waals surface area contributed by atoms with Crippen LogP contribution in [0.1, 0.15) is 31.9 Å². The van der Waals surface area contributed by atoms with E-state index in [0.29, 0.717) is 24.5 Å². The van der Waals surface area contributed by atoms with Gasteiger partial charge in [0.05, 0.1) is 31.9 Å². The van der Waals surface area contributed by atoms with Crippen LogP contribution in [0.25, 0.3) is 0 Å². The Labute approximate surface area is 126 Å². The molecule has 1 aromatic carbocycles. The van der Waals surface area contributed by atoms with Crippen LogP contribution in [0.4, 0.5) is 0 Å². The zero-order valence-corrected chi connectivity index (χ0v) is 13.0. The van der Waals surface area contributed by atoms with E-state index in [1.54, 1.807) is 32.2 Å². The Bertz CT molecular complexity index is 521. The summed E-state index contributed by atoms with van der Waals surface area (Å²) in [6.07, 6.45) is 0. The molecule has 5 nitrogen and oxygen atoms in total. The van der Waals surface area contributed by atoms with Gasteiger partial charge in [0.1, 0.15) is 5.75 Å². The van der Waals surface area contributed by atoms with Crippen LogP contribution in [0.15, 0.2) is 18.2 Å². The molecule has 0 amide bonds. The Morgan fingerprint density at radius 3 is 2.67 bits per heavy atom. The van der Waals surface area contributed by atoms with Crippen LogP contribution < -0.4 is 4.74 Å². The summed E-state index contributed by atoms with van der Waals surface area (Å²) in [5.74, 6) is 0.463. The first-order chi connectivity index (χ1) is 10.0. The summed E-state index contributed by atoms with van der Waals surface area (Å²) in [4.78, 5) is 13.7. The van der Waals surface area contributed by atoms with Gasteiger partial charge in [-0.3, -0.25) is 9.69 Å². The quantitative estimate of drug-likeness (QED) is 0.721. The molecule has 1 aromatic rings. The van der Waals surface area contributed by atoms with Crippen molar-refractivity contribution in [3.05, 3.63) is 29.3 Å². The molecule has 0 atom stereocenters. The van der Waals surface area contributed by atoms with E-state index in [4.69, 9.17) is 14.7 Å². The molecule has 5 heteroatoms. The third kappa shape index (κ3) is 5.09. The second-order valence-electron chi connectivity index (χ2n) is 4.94. The summed E-state index contributed by atoms with van der Waals surface area (Å²) in [5, 5.41) is 9.01. The summed E-state index contributed by atoms with van der Waals surface area (Å²) in [7, 11) is 1.59. The number of carbonyl (C=O) groups excluding carboxylic acids is 1. The topological polar surface area (TPSA) is 62.6 Å². The van der Waals surface area contributed by atoms with Crippen molar-refractivity contribution in [2.75, 3.05) is 20.3 Å². The smallest absolute Gasteiger partial charge is 0.320 e. The van der Waals surface area contributed by atoms with Crippen molar-refractivity contribution in [3.8, 4) is 11.8 Å². The molecular formula is C16H22N2O3. The van der Waals surface area contributed by atoms with E-state index in [1.165, 1.54) is 0 Å². The highest BCUT2D eigenvalue weighted by molar-refractivity contribution is 5.71. The predicted octanol–water partition coefficient (Wildman–Crippen LogP) is 2.34. The fraction of sp³-hybridized carbons (Fsp3) is 0.500. The second kappa shape index (κ2) is 8.28. The Balaban J connectivity index is 2.93. The number of hydrogen-bond acceptors (Lipinski definition) is 5. The third-order valence-electron chi connectivity index (χ3n) is 3.15. The van der Waals surface area contributed by atoms with Crippen molar-refractivity contribution >= 4 is 5.97 Å². The Kier molecular flexibility index (Phi) is 6.70. The lowest BCUT2D eigenvalue weighted by atomic mass is 10.1. The van der Waals surface area contributed by atoms with Crippen LogP contribution in [0.5, 0.6) is 5.75 Å². The fourth-order valence-corrected chi connectivity index (χ4v) is 1.98. The summed E-state index contributed by atoms with van der Waals surface area (Å²) in [6, 6.07) is 7.57. The van der Waals surface area contributed by atoms with E-state index in [1.807, 2.05) is 18.7 Å². The van der Waals surface area contributed by atoms with E-state index in [-0.39, 0.29) is 18.6 Å². The lowest BCUT2D eigenvalue weighted by Crippen LogP contribution is -2.36. The van der Waals surface area contributed by atoms with Crippen LogP contribution in [0.3, 0.4) is 0 Å². The number of methoxy groups -OCH3 is 1. The largest absolute Gasteiger partial charge is 0.496 e. The van der Waals surface area contributed by atoms with Gasteiger partial charge in [0.2, 0.25) is 0 Å². The average molecular weight is 290 g/mol. The van der Waals surface area contributed by atoms with Crippen LogP contribution in [0.2, 0.25) is 0 Å². The molecule has 0 aliphatic carbocycles. The molecule has 0 spiro atoms. The first-order valence-electron chi connectivity index (χ1n) is 6.98. The van der Waals surface area contributed by atoms with Crippen LogP contribution in [-0.2, 0) is 16.1 Å². The highest BCUT2D eigenvalue weighted by Gasteiger charge is 2.17. The van der Waals surface area contributed by atoms with Crippen molar-refractivity contribution in [2.45, 2.75) is 33.4 Å². The summed E-state index contributed by atoms with van der Waals surface area (Å²) >= 11 is 0. The van der Waals surface area contributed by atoms with Gasteiger partial charge in [-0.25, -0.2) is 0 Å². The van der Waals surface area contributed by atoms with E-state index < -0.39 is 0 Å². The van der Waals surface area contributed by atoms with E-state index in [9.17, 15) is 4.79 Å². The molecule has 0 radical (unpaired) electrons. The number of nitrogens with zero attached hydrogens (tertiary/aromatic N) is 2. The van der Waals surface area contributed by atoms with Crippen LogP contribution in [0, 0.1) is 11.3 Å². The molecule has 114 valence electrons. The fourth-order valence-electron chi connectivity index (χ4n) is 1.98. The Hall–Kier alpha value is -2.06. The van der Waals surface area contributed by atoms with Crippen molar-refractivity contribution in [1.82, 2.24) is 4.90 Å². The minimum Gasteiger partial charge on any atom is -0.496 e. The van der Waals surface area contributed by atoms with Gasteiger partial charge in [-0.2, -0.15) is 5.26 Å². The van der Waals surface area contributed by atoms with Gasteiger partial charge in [-0.15, -0.1) is 0 Å². The summed E-state index contributed by atoms with van der Waals surface area (Å²) < 4.78 is 10.3. The molecule has 0 N–H and O–H groups in total. The molecule has 1 rings (SSSR count). The zero-order chi connectivity index (χ0) is 15.8. The predicted molar refractivity (Wildman–Crippen MR) is 79.9 cm³/mol. The van der Waals surface area contributed by atoms with E-state index >= 15 is 0 Å². The van der Waals surface area contributed by atoms with Gasteiger partial charge in [-0.05, 0) is 39.0 Å². The maximum atomic E-state index is 11.7. The van der Waals surface area contributed by atoms with Crippen LogP contribution >= 0.6 is 0 Å². The van der Waals surface area contributed by atoms with Crippen molar-refractivity contribution in [3.63, 3.8) is 0 Å². The maximum Gasteiger partial charge on any atom is 0.320 e. The Morgan fingerprint density at radius 2 is 2.14 bits per heavy atom. The lowest BCUT2D eigenvalue weighted by molar-refractivity contribution is -0.145. The standard InChI is InChI=1S/C16H22N2O3/c1-5-21-16(19)11-18(12(2)3)10-14-8-13(9-17)6-7-15(14)20-4/h6-8,12H,5,10-11H2,1-4H3. The molecule has 0 bridgehead atoms. The van der Waals surface area contributed by atoms with Gasteiger partial charge >= 0.3 is 5.97 Å². The summed E-state index contributed by atoms with van der Waals surface area (Å²) in [6.45, 7) is 6.93. The molecule has 0 fully saturated rings. The Morgan fingerprint density at radius 1 is 1.43 bits per heavy atom.